The van der Waals surface area contributed by atoms with Crippen LogP contribution in [0.25, 0.3) is 11.3 Å². The molecule has 144 valence electrons. The lowest BCUT2D eigenvalue weighted by Gasteiger charge is -2.39. The first-order valence-corrected chi connectivity index (χ1v) is 9.32. The minimum absolute atomic E-state index is 0.0000747. The second-order valence-electron chi connectivity index (χ2n) is 7.38. The highest BCUT2D eigenvalue weighted by molar-refractivity contribution is 5.94. The summed E-state index contributed by atoms with van der Waals surface area (Å²) in [5, 5.41) is 7.36. The topological polar surface area (TPSA) is 70.5 Å². The van der Waals surface area contributed by atoms with Gasteiger partial charge in [-0.3, -0.25) is 14.8 Å². The average Bonchev–Trinajstić information content (AvgIpc) is 3.00. The Morgan fingerprint density at radius 2 is 1.96 bits per heavy atom. The lowest BCUT2D eigenvalue weighted by atomic mass is 10.1. The summed E-state index contributed by atoms with van der Waals surface area (Å²) in [4.78, 5) is 28.8. The first-order valence-electron chi connectivity index (χ1n) is 9.32. The quantitative estimate of drug-likeness (QED) is 0.901. The van der Waals surface area contributed by atoms with E-state index < -0.39 is 6.04 Å². The molecule has 7 heteroatoms. The highest BCUT2D eigenvalue weighted by atomic mass is 16.2. The molecular formula is C20H27N5O2. The summed E-state index contributed by atoms with van der Waals surface area (Å²) < 4.78 is 1.64. The van der Waals surface area contributed by atoms with Gasteiger partial charge in [-0.15, -0.1) is 0 Å². The van der Waals surface area contributed by atoms with E-state index in [9.17, 15) is 9.59 Å². The number of hydrogen-bond donors (Lipinski definition) is 1. The van der Waals surface area contributed by atoms with Crippen molar-refractivity contribution in [2.24, 2.45) is 13.0 Å². The van der Waals surface area contributed by atoms with Gasteiger partial charge in [-0.2, -0.15) is 5.10 Å². The molecule has 0 radical (unpaired) electrons. The molecule has 27 heavy (non-hydrogen) atoms. The van der Waals surface area contributed by atoms with E-state index in [2.05, 4.69) is 24.3 Å². The molecule has 1 atom stereocenters. The average molecular weight is 369 g/mol. The maximum Gasteiger partial charge on any atom is 0.323 e. The number of anilines is 1. The van der Waals surface area contributed by atoms with Crippen molar-refractivity contribution in [3.63, 3.8) is 0 Å². The van der Waals surface area contributed by atoms with E-state index >= 15 is 0 Å². The Morgan fingerprint density at radius 3 is 2.63 bits per heavy atom. The molecule has 2 aromatic rings. The van der Waals surface area contributed by atoms with Crippen molar-refractivity contribution < 1.29 is 9.59 Å². The third-order valence-corrected chi connectivity index (χ3v) is 4.78. The Balaban J connectivity index is 1.69. The highest BCUT2D eigenvalue weighted by Gasteiger charge is 2.34. The molecule has 0 saturated carbocycles. The molecule has 0 aliphatic carbocycles. The van der Waals surface area contributed by atoms with Gasteiger partial charge in [-0.25, -0.2) is 4.79 Å². The highest BCUT2D eigenvalue weighted by Crippen LogP contribution is 2.22. The van der Waals surface area contributed by atoms with Crippen molar-refractivity contribution in [1.29, 1.82) is 0 Å². The number of nitrogens with zero attached hydrogens (tertiary/aromatic N) is 4. The first-order chi connectivity index (χ1) is 12.9. The van der Waals surface area contributed by atoms with Gasteiger partial charge in [0.2, 0.25) is 5.91 Å². The number of aromatic nitrogens is 2. The summed E-state index contributed by atoms with van der Waals surface area (Å²) in [6.45, 7) is 7.77. The predicted octanol–water partition coefficient (Wildman–Crippen LogP) is 2.81. The van der Waals surface area contributed by atoms with Crippen LogP contribution in [-0.4, -0.2) is 57.2 Å². The Morgan fingerprint density at radius 1 is 1.26 bits per heavy atom. The van der Waals surface area contributed by atoms with E-state index in [4.69, 9.17) is 0 Å². The van der Waals surface area contributed by atoms with Crippen molar-refractivity contribution in [1.82, 2.24) is 19.6 Å². The summed E-state index contributed by atoms with van der Waals surface area (Å²) in [6, 6.07) is 10.9. The minimum atomic E-state index is -0.473. The second kappa shape index (κ2) is 7.82. The van der Waals surface area contributed by atoms with Crippen LogP contribution in [0.4, 0.5) is 10.6 Å². The summed E-state index contributed by atoms with van der Waals surface area (Å²) in [5.41, 5.74) is 1.78. The van der Waals surface area contributed by atoms with Gasteiger partial charge in [-0.05, 0) is 12.8 Å². The third kappa shape index (κ3) is 4.13. The summed E-state index contributed by atoms with van der Waals surface area (Å²) in [5.74, 6) is 1.01. The van der Waals surface area contributed by atoms with Gasteiger partial charge in [0.1, 0.15) is 11.9 Å². The van der Waals surface area contributed by atoms with E-state index in [1.807, 2.05) is 41.3 Å². The fourth-order valence-electron chi connectivity index (χ4n) is 3.34. The van der Waals surface area contributed by atoms with Gasteiger partial charge in [-0.1, -0.05) is 44.2 Å². The van der Waals surface area contributed by atoms with Crippen LogP contribution < -0.4 is 5.32 Å². The van der Waals surface area contributed by atoms with E-state index in [-0.39, 0.29) is 11.9 Å². The number of carbonyl (C=O) groups excluding carboxylic acids is 2. The zero-order valence-corrected chi connectivity index (χ0v) is 16.3. The number of rotatable bonds is 4. The number of piperazine rings is 1. The predicted molar refractivity (Wildman–Crippen MR) is 105 cm³/mol. The number of aryl methyl sites for hydroxylation is 1. The number of hydrogen-bond acceptors (Lipinski definition) is 3. The maximum absolute atomic E-state index is 12.8. The summed E-state index contributed by atoms with van der Waals surface area (Å²) in [6.07, 6.45) is 0. The van der Waals surface area contributed by atoms with Crippen molar-refractivity contribution in [3.05, 3.63) is 36.4 Å². The lowest BCUT2D eigenvalue weighted by molar-refractivity contribution is -0.139. The minimum Gasteiger partial charge on any atom is -0.339 e. The van der Waals surface area contributed by atoms with Gasteiger partial charge in [0.05, 0.1) is 5.69 Å². The molecule has 3 rings (SSSR count). The van der Waals surface area contributed by atoms with Gasteiger partial charge in [0.15, 0.2) is 0 Å². The van der Waals surface area contributed by atoms with Crippen LogP contribution in [-0.2, 0) is 11.8 Å². The van der Waals surface area contributed by atoms with Crippen LogP contribution in [0.15, 0.2) is 36.4 Å². The standard InChI is InChI=1S/C20H27N5O2/c1-14(2)13-24-10-11-25(15(3)19(24)26)20(27)21-18-12-17(22-23(18)4)16-8-6-5-7-9-16/h5-9,12,14-15H,10-11,13H2,1-4H3,(H,21,27)/t15-/m0/s1. The van der Waals surface area contributed by atoms with E-state index in [1.165, 1.54) is 0 Å². The SMILES string of the molecule is CC(C)CN1CCN(C(=O)Nc2cc(-c3ccccc3)nn2C)[C@@H](C)C1=O. The largest absolute Gasteiger partial charge is 0.339 e. The Bertz CT molecular complexity index is 815. The smallest absolute Gasteiger partial charge is 0.323 e. The molecule has 1 saturated heterocycles. The molecule has 2 heterocycles. The third-order valence-electron chi connectivity index (χ3n) is 4.78. The molecular weight excluding hydrogens is 342 g/mol. The lowest BCUT2D eigenvalue weighted by Crippen LogP contribution is -2.59. The normalized spacial score (nSPS) is 17.5. The second-order valence-corrected chi connectivity index (χ2v) is 7.38. The Labute approximate surface area is 159 Å². The molecule has 3 amide bonds. The number of nitrogens with one attached hydrogen (secondary N) is 1. The van der Waals surface area contributed by atoms with E-state index in [1.54, 1.807) is 23.6 Å². The number of benzene rings is 1. The van der Waals surface area contributed by atoms with Crippen LogP contribution in [0.1, 0.15) is 20.8 Å². The molecule has 0 bridgehead atoms. The van der Waals surface area contributed by atoms with Crippen LogP contribution in [0.2, 0.25) is 0 Å². The summed E-state index contributed by atoms with van der Waals surface area (Å²) >= 11 is 0. The number of amides is 3. The monoisotopic (exact) mass is 369 g/mol. The first kappa shape index (κ1) is 18.9. The fraction of sp³-hybridized carbons (Fsp3) is 0.450. The maximum atomic E-state index is 12.8. The van der Waals surface area contributed by atoms with E-state index in [0.717, 1.165) is 17.8 Å². The van der Waals surface area contributed by atoms with E-state index in [0.29, 0.717) is 24.8 Å². The van der Waals surface area contributed by atoms with Gasteiger partial charge in [0, 0.05) is 38.3 Å². The van der Waals surface area contributed by atoms with Crippen LogP contribution in [0.5, 0.6) is 0 Å². The van der Waals surface area contributed by atoms with Crippen molar-refractivity contribution in [3.8, 4) is 11.3 Å². The number of carbonyl (C=O) groups is 2. The van der Waals surface area contributed by atoms with Crippen LogP contribution in [0.3, 0.4) is 0 Å². The van der Waals surface area contributed by atoms with Crippen LogP contribution in [0, 0.1) is 5.92 Å². The molecule has 0 unspecified atom stereocenters. The summed E-state index contributed by atoms with van der Waals surface area (Å²) in [7, 11) is 1.79. The molecule has 1 aliphatic rings. The van der Waals surface area contributed by atoms with Gasteiger partial charge in [0.25, 0.3) is 0 Å². The van der Waals surface area contributed by atoms with Crippen molar-refractivity contribution >= 4 is 17.8 Å². The molecule has 1 aromatic carbocycles. The zero-order valence-electron chi connectivity index (χ0n) is 16.3. The van der Waals surface area contributed by atoms with Gasteiger partial charge >= 0.3 is 6.03 Å². The van der Waals surface area contributed by atoms with Crippen molar-refractivity contribution in [2.45, 2.75) is 26.8 Å². The van der Waals surface area contributed by atoms with Crippen LogP contribution >= 0.6 is 0 Å². The molecule has 1 aromatic heterocycles. The molecule has 1 fully saturated rings. The molecule has 1 aliphatic heterocycles. The molecule has 0 spiro atoms. The van der Waals surface area contributed by atoms with Crippen molar-refractivity contribution in [2.75, 3.05) is 25.0 Å². The fourth-order valence-corrected chi connectivity index (χ4v) is 3.34. The molecule has 7 nitrogen and oxygen atoms in total. The Kier molecular flexibility index (Phi) is 5.48. The number of urea groups is 1. The molecule has 1 N–H and O–H groups in total. The van der Waals surface area contributed by atoms with Gasteiger partial charge < -0.3 is 9.80 Å². The Hall–Kier alpha value is -2.83. The zero-order chi connectivity index (χ0) is 19.6.